The van der Waals surface area contributed by atoms with Crippen molar-refractivity contribution in [2.75, 3.05) is 39.8 Å². The third-order valence-electron chi connectivity index (χ3n) is 12.0. The predicted molar refractivity (Wildman–Crippen MR) is 304 cm³/mol. The molecule has 0 atom stereocenters. The molecule has 0 spiro atoms. The van der Waals surface area contributed by atoms with E-state index in [2.05, 4.69) is 62.2 Å². The number of aromatic hydroxyl groups is 4. The van der Waals surface area contributed by atoms with Crippen molar-refractivity contribution in [3.8, 4) is 45.3 Å². The van der Waals surface area contributed by atoms with Gasteiger partial charge < -0.3 is 41.9 Å². The number of benzene rings is 8. The maximum Gasteiger partial charge on any atom is 0.153 e. The highest BCUT2D eigenvalue weighted by molar-refractivity contribution is 6.15. The molecule has 8 aromatic rings. The minimum atomic E-state index is -0.220. The van der Waals surface area contributed by atoms with Gasteiger partial charge >= 0.3 is 0 Å². The van der Waals surface area contributed by atoms with E-state index in [1.54, 1.807) is 36.7 Å². The van der Waals surface area contributed by atoms with Crippen LogP contribution in [0, 0.1) is 5.92 Å². The van der Waals surface area contributed by atoms with Crippen LogP contribution < -0.4 is 16.4 Å². The lowest BCUT2D eigenvalue weighted by Gasteiger charge is -2.17. The second kappa shape index (κ2) is 27.9. The van der Waals surface area contributed by atoms with E-state index in [1.165, 1.54) is 0 Å². The number of nitrogens with zero attached hydrogens (tertiary/aromatic N) is 2. The van der Waals surface area contributed by atoms with Crippen LogP contribution in [0.5, 0.6) is 23.0 Å². The van der Waals surface area contributed by atoms with Crippen LogP contribution in [0.3, 0.4) is 0 Å². The van der Waals surface area contributed by atoms with Gasteiger partial charge in [0.1, 0.15) is 23.0 Å². The number of carbonyl (C=O) groups excluding carboxylic acids is 2. The topological polar surface area (TPSA) is 210 Å². The van der Waals surface area contributed by atoms with E-state index >= 15 is 0 Å². The zero-order chi connectivity index (χ0) is 53.0. The highest BCUT2D eigenvalue weighted by Crippen LogP contribution is 2.48. The van der Waals surface area contributed by atoms with Crippen LogP contribution in [-0.2, 0) is 0 Å². The molecule has 0 saturated carbocycles. The molecule has 0 amide bonds. The number of aliphatic hydroxyl groups is 1. The number of fused-ring (bicyclic) bond motifs is 4. The Bertz CT molecular complexity index is 2980. The van der Waals surface area contributed by atoms with Crippen LogP contribution in [0.1, 0.15) is 86.2 Å². The third kappa shape index (κ3) is 14.4. The first-order chi connectivity index (χ1) is 35.3. The van der Waals surface area contributed by atoms with Gasteiger partial charge in [-0.3, -0.25) is 19.6 Å². The average molecular weight is 986 g/mol. The Labute approximate surface area is 429 Å². The van der Waals surface area contributed by atoms with Crippen LogP contribution in [0.15, 0.2) is 131 Å². The van der Waals surface area contributed by atoms with Gasteiger partial charge in [0, 0.05) is 91.2 Å². The largest absolute Gasteiger partial charge is 0.507 e. The van der Waals surface area contributed by atoms with Crippen LogP contribution in [-0.4, -0.2) is 102 Å². The van der Waals surface area contributed by atoms with Gasteiger partial charge in [-0.25, -0.2) is 0 Å². The minimum Gasteiger partial charge on any atom is -0.507 e. The number of nitrogens with one attached hydrogen (secondary N) is 2. The third-order valence-corrected chi connectivity index (χ3v) is 12.0. The Morgan fingerprint density at radius 3 is 1.11 bits per heavy atom. The molecule has 382 valence electrons. The summed E-state index contributed by atoms with van der Waals surface area (Å²) in [5, 5.41) is 64.8. The molecule has 8 aromatic carbocycles. The molecule has 0 aliphatic carbocycles. The van der Waals surface area contributed by atoms with Crippen molar-refractivity contribution in [1.82, 2.24) is 10.6 Å². The van der Waals surface area contributed by atoms with Crippen molar-refractivity contribution in [3.05, 3.63) is 144 Å². The molecular weight excluding hydrogens is 915 g/mol. The van der Waals surface area contributed by atoms with E-state index < -0.39 is 0 Å². The summed E-state index contributed by atoms with van der Waals surface area (Å²) in [4.78, 5) is 32.1. The minimum absolute atomic E-state index is 0.107. The monoisotopic (exact) mass is 986 g/mol. The average Bonchev–Trinajstić information content (AvgIpc) is 3.39. The fraction of sp³-hybridized carbons (Fsp3) is 0.279. The summed E-state index contributed by atoms with van der Waals surface area (Å²) in [6, 6.07) is 38.5. The number of phenolic OH excluding ortho intramolecular Hbond substituents is 4. The lowest BCUT2D eigenvalue weighted by atomic mass is 9.89. The molecule has 12 nitrogen and oxygen atoms in total. The highest BCUT2D eigenvalue weighted by atomic mass is 16.3. The van der Waals surface area contributed by atoms with E-state index in [-0.39, 0.29) is 34.1 Å². The van der Waals surface area contributed by atoms with E-state index in [1.807, 2.05) is 97.1 Å². The molecule has 73 heavy (non-hydrogen) atoms. The lowest BCUT2D eigenvalue weighted by molar-refractivity contribution is 0.111. The van der Waals surface area contributed by atoms with Crippen LogP contribution >= 0.6 is 0 Å². The normalized spacial score (nSPS) is 11.3. The zero-order valence-electron chi connectivity index (χ0n) is 43.1. The van der Waals surface area contributed by atoms with E-state index in [0.717, 1.165) is 71.9 Å². The SMILES string of the molecule is CC(C)CCCN=Cc1cc2ccccc2c(-c2c(O)c(C=NCCNC(C)C)cc3ccccc23)c1O.CC(C)NCCN.CO.O=Cc1cc2ccccc2c(-c2c(O)c(C=O)cc3ccccc23)c1O. The first-order valence-electron chi connectivity index (χ1n) is 24.8. The van der Waals surface area contributed by atoms with Crippen molar-refractivity contribution in [2.45, 2.75) is 66.5 Å². The number of phenols is 4. The molecule has 0 aromatic heterocycles. The Hall–Kier alpha value is -7.48. The summed E-state index contributed by atoms with van der Waals surface area (Å²) in [7, 11) is 1.00. The standard InChI is InChI=1S/C33H39N3O2.C22H14O4.C5H14N2.CH4O/c1-22(2)10-9-15-34-20-26-18-24-11-5-7-13-28(24)30(32(26)37)31-29-14-8-6-12-25(29)19-27(33(31)38)21-35-16-17-36-23(3)4;23-11-15-9-13-5-1-3-7-17(13)19(21(15)25)20-18-8-4-2-6-14(18)10-16(12-24)22(20)26;1-5(2)7-4-3-6;1-2/h5-8,11-14,18-23,36-38H,9-10,15-17H2,1-4H3;1-12,25-26H;5,7H,3-4,6H2,1-2H3;2H,1H3. The van der Waals surface area contributed by atoms with Gasteiger partial charge in [0.15, 0.2) is 12.6 Å². The summed E-state index contributed by atoms with van der Waals surface area (Å²) in [6.45, 7) is 16.6. The molecule has 0 heterocycles. The molecule has 0 fully saturated rings. The van der Waals surface area contributed by atoms with Gasteiger partial charge in [-0.2, -0.15) is 0 Å². The van der Waals surface area contributed by atoms with Crippen molar-refractivity contribution in [3.63, 3.8) is 0 Å². The molecule has 0 aliphatic heterocycles. The first-order valence-corrected chi connectivity index (χ1v) is 24.8. The highest BCUT2D eigenvalue weighted by Gasteiger charge is 2.23. The van der Waals surface area contributed by atoms with Crippen LogP contribution in [0.4, 0.5) is 0 Å². The van der Waals surface area contributed by atoms with E-state index in [4.69, 9.17) is 10.8 Å². The molecule has 9 N–H and O–H groups in total. The molecule has 8 rings (SSSR count). The quantitative estimate of drug-likeness (QED) is 0.0246. The molecular formula is C61H71N5O7. The van der Waals surface area contributed by atoms with Crippen LogP contribution in [0.2, 0.25) is 0 Å². The molecule has 12 heteroatoms. The number of aliphatic imine (C=N–C) groups is 2. The first kappa shape index (κ1) is 56.4. The van der Waals surface area contributed by atoms with Crippen LogP contribution in [0.25, 0.3) is 65.3 Å². The Morgan fingerprint density at radius 1 is 0.479 bits per heavy atom. The molecule has 0 aliphatic rings. The van der Waals surface area contributed by atoms with Gasteiger partial charge in [0.2, 0.25) is 0 Å². The smallest absolute Gasteiger partial charge is 0.153 e. The maximum atomic E-state index is 11.6. The predicted octanol–water partition coefficient (Wildman–Crippen LogP) is 11.6. The Balaban J connectivity index is 0.000000243. The molecule has 0 saturated heterocycles. The number of carbonyl (C=O) groups is 2. The summed E-state index contributed by atoms with van der Waals surface area (Å²) in [6.07, 6.45) is 6.77. The summed E-state index contributed by atoms with van der Waals surface area (Å²) < 4.78 is 0. The van der Waals surface area contributed by atoms with Crippen molar-refractivity contribution >= 4 is 68.1 Å². The van der Waals surface area contributed by atoms with Crippen molar-refractivity contribution in [2.24, 2.45) is 21.6 Å². The second-order valence-electron chi connectivity index (χ2n) is 18.5. The van der Waals surface area contributed by atoms with Gasteiger partial charge in [-0.05, 0) is 86.1 Å². The Morgan fingerprint density at radius 2 is 0.795 bits per heavy atom. The fourth-order valence-electron chi connectivity index (χ4n) is 8.53. The fourth-order valence-corrected chi connectivity index (χ4v) is 8.53. The maximum absolute atomic E-state index is 11.6. The second-order valence-corrected chi connectivity index (χ2v) is 18.5. The number of hydrogen-bond acceptors (Lipinski definition) is 12. The van der Waals surface area contributed by atoms with Crippen molar-refractivity contribution in [1.29, 1.82) is 0 Å². The molecule has 0 radical (unpaired) electrons. The van der Waals surface area contributed by atoms with Gasteiger partial charge in [-0.15, -0.1) is 0 Å². The molecule has 0 bridgehead atoms. The lowest BCUT2D eigenvalue weighted by Crippen LogP contribution is -2.28. The number of rotatable bonds is 17. The summed E-state index contributed by atoms with van der Waals surface area (Å²) in [5.74, 6) is 0.427. The van der Waals surface area contributed by atoms with Gasteiger partial charge in [0.05, 0.1) is 17.7 Å². The van der Waals surface area contributed by atoms with E-state index in [0.29, 0.717) is 87.8 Å². The summed E-state index contributed by atoms with van der Waals surface area (Å²) in [5.41, 5.74) is 8.62. The van der Waals surface area contributed by atoms with Gasteiger partial charge in [0.25, 0.3) is 0 Å². The van der Waals surface area contributed by atoms with E-state index in [9.17, 15) is 30.0 Å². The number of nitrogens with two attached hydrogens (primary N) is 1. The number of hydrogen-bond donors (Lipinski definition) is 8. The zero-order valence-corrected chi connectivity index (χ0v) is 43.1. The summed E-state index contributed by atoms with van der Waals surface area (Å²) >= 11 is 0. The van der Waals surface area contributed by atoms with Crippen molar-refractivity contribution < 1.29 is 35.1 Å². The number of aliphatic hydroxyl groups excluding tert-OH is 1. The Kier molecular flexibility index (Phi) is 21.6. The molecule has 0 unspecified atom stereocenters. The number of aldehydes is 2. The van der Waals surface area contributed by atoms with Gasteiger partial charge in [-0.1, -0.05) is 139 Å².